The molecule has 3 aromatic rings. The van der Waals surface area contributed by atoms with Gasteiger partial charge in [-0.3, -0.25) is 9.98 Å². The fraction of sp³-hybridized carbons (Fsp3) is 0.320. The van der Waals surface area contributed by atoms with Gasteiger partial charge in [-0.05, 0) is 63.2 Å². The Kier molecular flexibility index (Phi) is 7.08. The Hall–Kier alpha value is -3.27. The van der Waals surface area contributed by atoms with E-state index in [9.17, 15) is 21.6 Å². The van der Waals surface area contributed by atoms with Gasteiger partial charge in [0.1, 0.15) is 11.4 Å². The number of hydrogen-bond acceptors (Lipinski definition) is 5. The van der Waals surface area contributed by atoms with E-state index in [1.165, 1.54) is 11.5 Å². The summed E-state index contributed by atoms with van der Waals surface area (Å²) < 4.78 is 67.3. The van der Waals surface area contributed by atoms with Gasteiger partial charge in [0.25, 0.3) is 0 Å². The van der Waals surface area contributed by atoms with Crippen LogP contribution in [0.15, 0.2) is 40.0 Å². The molecule has 1 aromatic carbocycles. The predicted octanol–water partition coefficient (Wildman–Crippen LogP) is 5.78. The van der Waals surface area contributed by atoms with Gasteiger partial charge >= 0.3 is 6.18 Å². The van der Waals surface area contributed by atoms with E-state index < -0.39 is 21.7 Å². The number of halogens is 3. The van der Waals surface area contributed by atoms with Crippen LogP contribution in [0.5, 0.6) is 0 Å². The molecule has 2 aromatic heterocycles. The maximum absolute atomic E-state index is 13.2. The molecule has 6 nitrogen and oxygen atoms in total. The van der Waals surface area contributed by atoms with E-state index in [0.29, 0.717) is 11.3 Å². The van der Waals surface area contributed by atoms with Crippen molar-refractivity contribution in [2.45, 2.75) is 45.7 Å². The highest BCUT2D eigenvalue weighted by Gasteiger charge is 2.34. The fourth-order valence-corrected chi connectivity index (χ4v) is 5.13. The first-order valence-electron chi connectivity index (χ1n) is 10.8. The number of aryl methyl sites for hydroxylation is 3. The van der Waals surface area contributed by atoms with Crippen molar-refractivity contribution in [2.75, 3.05) is 5.75 Å². The number of alkyl halides is 3. The second-order valence-electron chi connectivity index (χ2n) is 8.40. The predicted molar refractivity (Wildman–Crippen MR) is 132 cm³/mol. The van der Waals surface area contributed by atoms with Crippen molar-refractivity contribution in [3.05, 3.63) is 58.2 Å². The average molecular weight is 505 g/mol. The number of aromatic nitrogens is 3. The molecule has 0 amide bonds. The van der Waals surface area contributed by atoms with Gasteiger partial charge in [-0.15, -0.1) is 0 Å². The van der Waals surface area contributed by atoms with Gasteiger partial charge in [0.2, 0.25) is 0 Å². The minimum absolute atomic E-state index is 0.00169. The van der Waals surface area contributed by atoms with Crippen LogP contribution in [0, 0.1) is 27.7 Å². The summed E-state index contributed by atoms with van der Waals surface area (Å²) in [4.78, 5) is 11.8. The number of aliphatic imine (C=N–C) groups is 1. The molecule has 0 saturated carbocycles. The van der Waals surface area contributed by atoms with Crippen molar-refractivity contribution in [1.29, 1.82) is 0 Å². The molecule has 0 aliphatic heterocycles. The van der Waals surface area contributed by atoms with Crippen molar-refractivity contribution < 1.29 is 21.6 Å². The third-order valence-electron chi connectivity index (χ3n) is 5.90. The van der Waals surface area contributed by atoms with E-state index in [0.717, 1.165) is 28.3 Å². The van der Waals surface area contributed by atoms with E-state index in [1.54, 1.807) is 26.2 Å². The van der Waals surface area contributed by atoms with E-state index in [4.69, 9.17) is 0 Å². The molecule has 0 N–H and O–H groups in total. The third-order valence-corrected chi connectivity index (χ3v) is 7.64. The van der Waals surface area contributed by atoms with Crippen molar-refractivity contribution in [3.8, 4) is 22.6 Å². The van der Waals surface area contributed by atoms with Crippen molar-refractivity contribution in [2.24, 2.45) is 12.0 Å². The lowest BCUT2D eigenvalue weighted by Gasteiger charge is -2.15. The van der Waals surface area contributed by atoms with Gasteiger partial charge < -0.3 is 4.57 Å². The Morgan fingerprint density at radius 3 is 2.26 bits per heavy atom. The SMILES string of the molecule is C=N/C(=C\c1nc(-c2ncc(-c3c(C)cc(C)cc3C)cc2S(=O)(=O)CC)n(C)c1C)C(F)(F)F. The molecule has 0 radical (unpaired) electrons. The van der Waals surface area contributed by atoms with Crippen LogP contribution in [0.25, 0.3) is 28.7 Å². The number of pyridine rings is 1. The van der Waals surface area contributed by atoms with Crippen LogP contribution in [0.4, 0.5) is 13.2 Å². The van der Waals surface area contributed by atoms with Crippen molar-refractivity contribution >= 4 is 22.6 Å². The largest absolute Gasteiger partial charge is 0.433 e. The summed E-state index contributed by atoms with van der Waals surface area (Å²) in [6, 6.07) is 5.59. The Bertz CT molecular complexity index is 1430. The number of sulfone groups is 1. The van der Waals surface area contributed by atoms with Crippen LogP contribution in [-0.2, 0) is 16.9 Å². The minimum Gasteiger partial charge on any atom is -0.329 e. The third kappa shape index (κ3) is 5.07. The first-order chi connectivity index (χ1) is 16.2. The van der Waals surface area contributed by atoms with Gasteiger partial charge in [-0.25, -0.2) is 13.4 Å². The summed E-state index contributed by atoms with van der Waals surface area (Å²) in [7, 11) is -2.16. The van der Waals surface area contributed by atoms with Gasteiger partial charge in [-0.2, -0.15) is 13.2 Å². The summed E-state index contributed by atoms with van der Waals surface area (Å²) in [5.74, 6) is -0.0403. The highest BCUT2D eigenvalue weighted by molar-refractivity contribution is 7.91. The second-order valence-corrected chi connectivity index (χ2v) is 10.6. The van der Waals surface area contributed by atoms with Crippen LogP contribution in [0.2, 0.25) is 0 Å². The molecule has 0 spiro atoms. The van der Waals surface area contributed by atoms with Crippen molar-refractivity contribution in [1.82, 2.24) is 14.5 Å². The van der Waals surface area contributed by atoms with E-state index >= 15 is 0 Å². The zero-order chi connectivity index (χ0) is 26.3. The molecule has 3 rings (SSSR count). The van der Waals surface area contributed by atoms with E-state index in [1.807, 2.05) is 32.9 Å². The molecular weight excluding hydrogens is 477 g/mol. The fourth-order valence-electron chi connectivity index (χ4n) is 4.07. The zero-order valence-corrected chi connectivity index (χ0v) is 21.3. The van der Waals surface area contributed by atoms with Crippen molar-refractivity contribution in [3.63, 3.8) is 0 Å². The van der Waals surface area contributed by atoms with Crippen LogP contribution in [0.1, 0.15) is 35.0 Å². The monoisotopic (exact) mass is 504 g/mol. The smallest absolute Gasteiger partial charge is 0.329 e. The molecule has 0 saturated heterocycles. The Morgan fingerprint density at radius 1 is 1.14 bits per heavy atom. The van der Waals surface area contributed by atoms with E-state index in [2.05, 4.69) is 21.7 Å². The van der Waals surface area contributed by atoms with Crippen LogP contribution < -0.4 is 0 Å². The summed E-state index contributed by atoms with van der Waals surface area (Å²) >= 11 is 0. The minimum atomic E-state index is -4.70. The van der Waals surface area contributed by atoms with Crippen LogP contribution in [0.3, 0.4) is 0 Å². The first-order valence-corrected chi connectivity index (χ1v) is 12.5. The average Bonchev–Trinajstić information content (AvgIpc) is 3.04. The Balaban J connectivity index is 2.29. The zero-order valence-electron chi connectivity index (χ0n) is 20.4. The highest BCUT2D eigenvalue weighted by Crippen LogP contribution is 2.35. The van der Waals surface area contributed by atoms with Crippen LogP contribution in [-0.4, -0.2) is 41.6 Å². The molecule has 0 bridgehead atoms. The number of nitrogens with zero attached hydrogens (tertiary/aromatic N) is 4. The van der Waals surface area contributed by atoms with Gasteiger partial charge in [-0.1, -0.05) is 24.6 Å². The summed E-state index contributed by atoms with van der Waals surface area (Å²) in [5.41, 5.74) is 3.84. The number of allylic oxidation sites excluding steroid dienone is 1. The standard InChI is InChI=1S/C25H27F3N4O2S/c1-8-35(33,34)20-11-18(22-15(3)9-14(2)10-16(22)4)13-30-23(20)24-31-19(17(5)32(24)7)12-21(29-6)25(26,27)28/h9-13H,6,8H2,1-5,7H3/b21-12-. The second kappa shape index (κ2) is 9.41. The molecule has 10 heteroatoms. The molecule has 0 aliphatic carbocycles. The molecule has 0 aliphatic rings. The number of imidazole rings is 1. The van der Waals surface area contributed by atoms with Gasteiger partial charge in [0, 0.05) is 24.5 Å². The topological polar surface area (TPSA) is 77.2 Å². The molecule has 0 atom stereocenters. The highest BCUT2D eigenvalue weighted by atomic mass is 32.2. The quantitative estimate of drug-likeness (QED) is 0.399. The normalized spacial score (nSPS) is 12.8. The van der Waals surface area contributed by atoms with E-state index in [-0.39, 0.29) is 27.9 Å². The maximum atomic E-state index is 13.2. The van der Waals surface area contributed by atoms with Crippen LogP contribution >= 0.6 is 0 Å². The number of rotatable bonds is 6. The molecular formula is C25H27F3N4O2S. The molecule has 2 heterocycles. The lowest BCUT2D eigenvalue weighted by Crippen LogP contribution is -2.09. The lowest BCUT2D eigenvalue weighted by molar-refractivity contribution is -0.0912. The Labute approximate surface area is 203 Å². The summed E-state index contributed by atoms with van der Waals surface area (Å²) in [6.45, 7) is 12.0. The molecule has 35 heavy (non-hydrogen) atoms. The van der Waals surface area contributed by atoms with Gasteiger partial charge in [0.05, 0.1) is 16.3 Å². The molecule has 0 unspecified atom stereocenters. The maximum Gasteiger partial charge on any atom is 0.433 e. The number of benzene rings is 1. The first kappa shape index (κ1) is 26.3. The number of hydrogen-bond donors (Lipinski definition) is 0. The molecule has 0 fully saturated rings. The summed E-state index contributed by atoms with van der Waals surface area (Å²) in [5, 5.41) is 0. The summed E-state index contributed by atoms with van der Waals surface area (Å²) in [6.07, 6.45) is -2.35. The Morgan fingerprint density at radius 2 is 1.74 bits per heavy atom. The lowest BCUT2D eigenvalue weighted by atomic mass is 9.95. The van der Waals surface area contributed by atoms with Gasteiger partial charge in [0.15, 0.2) is 15.7 Å². The molecule has 186 valence electrons.